The topological polar surface area (TPSA) is 139 Å². The molecule has 3 heterocycles. The number of halogens is 1. The average Bonchev–Trinajstić information content (AvgIpc) is 3.18. The molecule has 10 heteroatoms. The second-order valence-corrected chi connectivity index (χ2v) is 7.98. The van der Waals surface area contributed by atoms with E-state index in [2.05, 4.69) is 20.6 Å². The van der Waals surface area contributed by atoms with Crippen LogP contribution in [0.2, 0.25) is 0 Å². The predicted octanol–water partition coefficient (Wildman–Crippen LogP) is 2.27. The van der Waals surface area contributed by atoms with E-state index in [0.29, 0.717) is 24.3 Å². The van der Waals surface area contributed by atoms with Gasteiger partial charge in [0.2, 0.25) is 5.91 Å². The van der Waals surface area contributed by atoms with Crippen molar-refractivity contribution >= 4 is 34.8 Å². The van der Waals surface area contributed by atoms with Crippen LogP contribution in [0.4, 0.5) is 27.4 Å². The first kappa shape index (κ1) is 21.0. The Morgan fingerprint density at radius 1 is 1.16 bits per heavy atom. The van der Waals surface area contributed by atoms with Gasteiger partial charge in [0, 0.05) is 25.0 Å². The Morgan fingerprint density at radius 2 is 1.97 bits per heavy atom. The number of hydrogen-bond donors (Lipinski definition) is 4. The number of primary amides is 1. The summed E-state index contributed by atoms with van der Waals surface area (Å²) < 4.78 is 14.7. The molecule has 9 nitrogen and oxygen atoms in total. The van der Waals surface area contributed by atoms with Gasteiger partial charge in [0.25, 0.3) is 5.91 Å². The highest BCUT2D eigenvalue weighted by atomic mass is 19.1. The molecule has 2 atom stereocenters. The standard InChI is InChI=1S/C21H26FN7O2/c22-15-9-14(19(24)31)20(28-21(15)27-17-5-2-1-4-16(17)23)26-12-8-13(11-25-10-12)29-7-3-6-18(29)30/h8-11,16-17H,1-7,23H2,(H2,24,31)(H2,26,27,28). The van der Waals surface area contributed by atoms with E-state index < -0.39 is 11.7 Å². The molecule has 2 unspecified atom stereocenters. The number of nitrogens with two attached hydrogens (primary N) is 2. The van der Waals surface area contributed by atoms with Gasteiger partial charge in [-0.25, -0.2) is 9.37 Å². The van der Waals surface area contributed by atoms with Crippen molar-refractivity contribution in [3.05, 3.63) is 35.9 Å². The quantitative estimate of drug-likeness (QED) is 0.554. The van der Waals surface area contributed by atoms with Gasteiger partial charge >= 0.3 is 0 Å². The zero-order valence-electron chi connectivity index (χ0n) is 17.1. The first-order valence-corrected chi connectivity index (χ1v) is 10.5. The van der Waals surface area contributed by atoms with E-state index >= 15 is 0 Å². The zero-order chi connectivity index (χ0) is 22.0. The van der Waals surface area contributed by atoms with Crippen LogP contribution in [0, 0.1) is 5.82 Å². The number of aromatic nitrogens is 2. The van der Waals surface area contributed by atoms with Gasteiger partial charge < -0.3 is 27.0 Å². The van der Waals surface area contributed by atoms with Crippen LogP contribution in [0.1, 0.15) is 48.9 Å². The number of rotatable bonds is 6. The first-order chi connectivity index (χ1) is 14.9. The molecule has 0 bridgehead atoms. The summed E-state index contributed by atoms with van der Waals surface area (Å²) in [4.78, 5) is 34.1. The van der Waals surface area contributed by atoms with Crippen LogP contribution in [-0.2, 0) is 4.79 Å². The van der Waals surface area contributed by atoms with E-state index in [9.17, 15) is 14.0 Å². The van der Waals surface area contributed by atoms with Crippen molar-refractivity contribution < 1.29 is 14.0 Å². The maximum atomic E-state index is 14.7. The highest BCUT2D eigenvalue weighted by Gasteiger charge is 2.25. The Hall–Kier alpha value is -3.27. The minimum absolute atomic E-state index is 0.00804. The molecule has 1 saturated heterocycles. The molecule has 2 aromatic heterocycles. The summed E-state index contributed by atoms with van der Waals surface area (Å²) in [5.74, 6) is -1.34. The Bertz CT molecular complexity index is 1000. The van der Waals surface area contributed by atoms with Gasteiger partial charge in [0.15, 0.2) is 11.6 Å². The van der Waals surface area contributed by atoms with E-state index in [-0.39, 0.29) is 35.2 Å². The van der Waals surface area contributed by atoms with Crippen LogP contribution < -0.4 is 27.0 Å². The number of hydrogen-bond acceptors (Lipinski definition) is 7. The fraction of sp³-hybridized carbons (Fsp3) is 0.429. The lowest BCUT2D eigenvalue weighted by molar-refractivity contribution is -0.117. The van der Waals surface area contributed by atoms with E-state index in [0.717, 1.165) is 38.2 Å². The Balaban J connectivity index is 1.62. The Morgan fingerprint density at radius 3 is 2.68 bits per heavy atom. The maximum absolute atomic E-state index is 14.7. The maximum Gasteiger partial charge on any atom is 0.252 e. The molecule has 0 spiro atoms. The van der Waals surface area contributed by atoms with Crippen molar-refractivity contribution in [2.45, 2.75) is 50.6 Å². The van der Waals surface area contributed by atoms with Gasteiger partial charge in [0.1, 0.15) is 5.82 Å². The van der Waals surface area contributed by atoms with Crippen molar-refractivity contribution in [1.29, 1.82) is 0 Å². The molecule has 2 amide bonds. The molecule has 2 aromatic rings. The largest absolute Gasteiger partial charge is 0.365 e. The summed E-state index contributed by atoms with van der Waals surface area (Å²) in [5, 5.41) is 6.08. The molecule has 0 aromatic carbocycles. The van der Waals surface area contributed by atoms with Gasteiger partial charge in [-0.15, -0.1) is 0 Å². The summed E-state index contributed by atoms with van der Waals surface area (Å²) in [6.07, 6.45) is 8.15. The number of nitrogens with one attached hydrogen (secondary N) is 2. The van der Waals surface area contributed by atoms with E-state index in [1.807, 2.05) is 0 Å². The van der Waals surface area contributed by atoms with Crippen LogP contribution >= 0.6 is 0 Å². The number of anilines is 4. The van der Waals surface area contributed by atoms with Crippen LogP contribution in [0.15, 0.2) is 24.5 Å². The molecule has 1 aliphatic carbocycles. The lowest BCUT2D eigenvalue weighted by atomic mass is 9.91. The highest BCUT2D eigenvalue weighted by Crippen LogP contribution is 2.28. The Labute approximate surface area is 179 Å². The number of nitrogens with zero attached hydrogens (tertiary/aromatic N) is 3. The van der Waals surface area contributed by atoms with Gasteiger partial charge in [-0.05, 0) is 31.4 Å². The minimum Gasteiger partial charge on any atom is -0.365 e. The van der Waals surface area contributed by atoms with Gasteiger partial charge in [-0.1, -0.05) is 12.8 Å². The average molecular weight is 427 g/mol. The molecular weight excluding hydrogens is 401 g/mol. The molecule has 0 radical (unpaired) electrons. The van der Waals surface area contributed by atoms with E-state index in [1.165, 1.54) is 6.20 Å². The third-order valence-electron chi connectivity index (χ3n) is 5.75. The fourth-order valence-electron chi connectivity index (χ4n) is 4.09. The van der Waals surface area contributed by atoms with Gasteiger partial charge in [-0.2, -0.15) is 0 Å². The molecule has 31 heavy (non-hydrogen) atoms. The number of carbonyl (C=O) groups is 2. The number of pyridine rings is 2. The van der Waals surface area contributed by atoms with Gasteiger partial charge in [0.05, 0.1) is 29.3 Å². The fourth-order valence-corrected chi connectivity index (χ4v) is 4.09. The normalized spacial score (nSPS) is 21.2. The summed E-state index contributed by atoms with van der Waals surface area (Å²) in [7, 11) is 0. The third kappa shape index (κ3) is 4.58. The monoisotopic (exact) mass is 427 g/mol. The molecule has 1 saturated carbocycles. The zero-order valence-corrected chi connectivity index (χ0v) is 17.1. The molecule has 1 aliphatic heterocycles. The second-order valence-electron chi connectivity index (χ2n) is 7.98. The smallest absolute Gasteiger partial charge is 0.252 e. The van der Waals surface area contributed by atoms with Crippen molar-refractivity contribution in [2.75, 3.05) is 22.1 Å². The van der Waals surface area contributed by atoms with Crippen LogP contribution in [0.3, 0.4) is 0 Å². The van der Waals surface area contributed by atoms with Crippen LogP contribution in [0.25, 0.3) is 0 Å². The molecule has 2 fully saturated rings. The van der Waals surface area contributed by atoms with Crippen molar-refractivity contribution in [3.63, 3.8) is 0 Å². The highest BCUT2D eigenvalue weighted by molar-refractivity contribution is 5.99. The van der Waals surface area contributed by atoms with E-state index in [4.69, 9.17) is 11.5 Å². The van der Waals surface area contributed by atoms with E-state index in [1.54, 1.807) is 17.2 Å². The van der Waals surface area contributed by atoms with Crippen LogP contribution in [-0.4, -0.2) is 40.4 Å². The molecule has 6 N–H and O–H groups in total. The molecule has 2 aliphatic rings. The molecule has 164 valence electrons. The second kappa shape index (κ2) is 8.84. The predicted molar refractivity (Wildman–Crippen MR) is 116 cm³/mol. The van der Waals surface area contributed by atoms with Crippen molar-refractivity contribution in [2.24, 2.45) is 11.5 Å². The van der Waals surface area contributed by atoms with Crippen LogP contribution in [0.5, 0.6) is 0 Å². The molecular formula is C21H26FN7O2. The number of amides is 2. The third-order valence-corrected chi connectivity index (χ3v) is 5.75. The van der Waals surface area contributed by atoms with Crippen molar-refractivity contribution in [1.82, 2.24) is 9.97 Å². The van der Waals surface area contributed by atoms with Crippen molar-refractivity contribution in [3.8, 4) is 0 Å². The number of carbonyl (C=O) groups excluding carboxylic acids is 2. The SMILES string of the molecule is NC(=O)c1cc(F)c(NC2CCCCC2N)nc1Nc1cncc(N2CCCC2=O)c1. The lowest BCUT2D eigenvalue weighted by Gasteiger charge is -2.30. The first-order valence-electron chi connectivity index (χ1n) is 10.5. The lowest BCUT2D eigenvalue weighted by Crippen LogP contribution is -2.43. The summed E-state index contributed by atoms with van der Waals surface area (Å²) in [6, 6.07) is 2.60. The van der Waals surface area contributed by atoms with Gasteiger partial charge in [-0.3, -0.25) is 14.6 Å². The Kier molecular flexibility index (Phi) is 5.99. The molecule has 4 rings (SSSR count). The summed E-state index contributed by atoms with van der Waals surface area (Å²) >= 11 is 0. The minimum atomic E-state index is -0.811. The summed E-state index contributed by atoms with van der Waals surface area (Å²) in [5.41, 5.74) is 12.7. The summed E-state index contributed by atoms with van der Waals surface area (Å²) in [6.45, 7) is 0.626.